The number of carbonyl (C=O) groups is 2. The van der Waals surface area contributed by atoms with Crippen molar-refractivity contribution in [1.82, 2.24) is 15.6 Å². The van der Waals surface area contributed by atoms with E-state index in [1.807, 2.05) is 30.3 Å². The molecule has 10 nitrogen and oxygen atoms in total. The summed E-state index contributed by atoms with van der Waals surface area (Å²) < 4.78 is 10.3. The molecule has 0 aliphatic carbocycles. The number of nitrogens with two attached hydrogens (primary N) is 1. The molecular formula is C22H17Cl3N6O4. The molecule has 35 heavy (non-hydrogen) atoms. The normalized spacial score (nSPS) is 12.2. The van der Waals surface area contributed by atoms with E-state index in [-0.39, 0.29) is 26.8 Å². The van der Waals surface area contributed by atoms with Crippen molar-refractivity contribution < 1.29 is 19.1 Å². The summed E-state index contributed by atoms with van der Waals surface area (Å²) in [5.74, 6) is -0.508. The predicted molar refractivity (Wildman–Crippen MR) is 130 cm³/mol. The Morgan fingerprint density at radius 3 is 2.34 bits per heavy atom. The molecule has 1 heterocycles. The zero-order chi connectivity index (χ0) is 25.5. The minimum absolute atomic E-state index is 0.102. The number of hydrogen-bond donors (Lipinski definition) is 3. The number of rotatable bonds is 9. The molecule has 0 aliphatic rings. The van der Waals surface area contributed by atoms with Crippen LogP contribution in [0.2, 0.25) is 15.2 Å². The van der Waals surface area contributed by atoms with Gasteiger partial charge in [0.2, 0.25) is 11.7 Å². The predicted octanol–water partition coefficient (Wildman–Crippen LogP) is 4.76. The van der Waals surface area contributed by atoms with Gasteiger partial charge in [0.15, 0.2) is 23.0 Å². The number of ketones is 1. The molecule has 0 radical (unpaired) electrons. The monoisotopic (exact) mass is 534 g/mol. The number of nitrogens with one attached hydrogen (secondary N) is 2. The lowest BCUT2D eigenvalue weighted by Crippen LogP contribution is -2.45. The molecule has 3 rings (SSSR count). The van der Waals surface area contributed by atoms with E-state index in [0.717, 1.165) is 5.56 Å². The molecule has 1 amide bonds. The van der Waals surface area contributed by atoms with Gasteiger partial charge in [0.05, 0.1) is 21.8 Å². The van der Waals surface area contributed by atoms with Crippen molar-refractivity contribution in [1.29, 1.82) is 5.26 Å². The summed E-state index contributed by atoms with van der Waals surface area (Å²) in [6.07, 6.45) is -2.36. The van der Waals surface area contributed by atoms with Crippen LogP contribution in [0.1, 0.15) is 6.92 Å². The lowest BCUT2D eigenvalue weighted by atomic mass is 10.1. The van der Waals surface area contributed by atoms with E-state index in [9.17, 15) is 14.9 Å². The van der Waals surface area contributed by atoms with E-state index in [1.54, 1.807) is 12.1 Å². The molecule has 0 saturated heterocycles. The van der Waals surface area contributed by atoms with Crippen LogP contribution in [0.4, 0.5) is 10.5 Å². The number of carbonyl (C=O) groups excluding carboxylic acids is 2. The van der Waals surface area contributed by atoms with Gasteiger partial charge in [-0.15, -0.1) is 10.2 Å². The van der Waals surface area contributed by atoms with Gasteiger partial charge in [0, 0.05) is 11.6 Å². The Kier molecular flexibility index (Phi) is 8.68. The molecule has 0 bridgehead atoms. The minimum Gasteiger partial charge on any atom is -0.439 e. The number of primary amides is 1. The standard InChI is InChI=1S/C22H17Cl3N6O4/c1-11(34-22(27)33)19(32)17(10-26)29-28-13-7-15(23)20(16(24)8-13)35-18-9-14(21(25)31-30-18)12-5-3-2-4-6-12/h2-9,11,17,28-29H,1H3,(H2,27,33). The van der Waals surface area contributed by atoms with Crippen LogP contribution in [0.25, 0.3) is 11.1 Å². The smallest absolute Gasteiger partial charge is 0.405 e. The zero-order valence-corrected chi connectivity index (χ0v) is 20.2. The summed E-state index contributed by atoms with van der Waals surface area (Å²) in [5.41, 5.74) is 11.8. The van der Waals surface area contributed by atoms with Crippen LogP contribution >= 0.6 is 34.8 Å². The van der Waals surface area contributed by atoms with E-state index >= 15 is 0 Å². The fourth-order valence-corrected chi connectivity index (χ4v) is 3.62. The van der Waals surface area contributed by atoms with Crippen LogP contribution in [0.15, 0.2) is 48.5 Å². The summed E-state index contributed by atoms with van der Waals surface area (Å²) in [6.45, 7) is 1.29. The number of halogens is 3. The van der Waals surface area contributed by atoms with Crippen molar-refractivity contribution in [2.75, 3.05) is 5.43 Å². The Hall–Kier alpha value is -3.62. The first-order chi connectivity index (χ1) is 16.7. The number of hydrogen-bond acceptors (Lipinski definition) is 9. The Bertz CT molecular complexity index is 1260. The first-order valence-corrected chi connectivity index (χ1v) is 11.0. The Morgan fingerprint density at radius 1 is 1.09 bits per heavy atom. The third-order valence-corrected chi connectivity index (χ3v) is 5.32. The molecule has 0 aliphatic heterocycles. The van der Waals surface area contributed by atoms with Crippen molar-refractivity contribution in [2.24, 2.45) is 5.73 Å². The third kappa shape index (κ3) is 6.71. The highest BCUT2D eigenvalue weighted by Gasteiger charge is 2.26. The Balaban J connectivity index is 1.74. The van der Waals surface area contributed by atoms with Crippen LogP contribution in [0.3, 0.4) is 0 Å². The van der Waals surface area contributed by atoms with Crippen molar-refractivity contribution >= 4 is 52.4 Å². The van der Waals surface area contributed by atoms with Crippen LogP contribution in [-0.4, -0.2) is 34.2 Å². The first kappa shape index (κ1) is 26.0. The average molecular weight is 536 g/mol. The minimum atomic E-state index is -1.36. The molecular weight excluding hydrogens is 519 g/mol. The van der Waals surface area contributed by atoms with Crippen molar-refractivity contribution in [3.63, 3.8) is 0 Å². The molecule has 2 unspecified atom stereocenters. The average Bonchev–Trinajstić information content (AvgIpc) is 2.82. The number of aromatic nitrogens is 2. The van der Waals surface area contributed by atoms with Gasteiger partial charge in [-0.25, -0.2) is 10.2 Å². The second kappa shape index (κ2) is 11.7. The zero-order valence-electron chi connectivity index (χ0n) is 18.0. The van der Waals surface area contributed by atoms with Crippen LogP contribution in [0, 0.1) is 11.3 Å². The van der Waals surface area contributed by atoms with Gasteiger partial charge < -0.3 is 20.6 Å². The quantitative estimate of drug-likeness (QED) is 0.329. The van der Waals surface area contributed by atoms with E-state index in [2.05, 4.69) is 25.8 Å². The Labute approximate surface area is 214 Å². The van der Waals surface area contributed by atoms with E-state index in [1.165, 1.54) is 19.1 Å². The van der Waals surface area contributed by atoms with Crippen LogP contribution in [-0.2, 0) is 9.53 Å². The largest absolute Gasteiger partial charge is 0.439 e. The number of ether oxygens (including phenoxy) is 2. The lowest BCUT2D eigenvalue weighted by molar-refractivity contribution is -0.127. The van der Waals surface area contributed by atoms with Gasteiger partial charge in [0.1, 0.15) is 0 Å². The molecule has 4 N–H and O–H groups in total. The number of amides is 1. The maximum Gasteiger partial charge on any atom is 0.405 e. The number of nitriles is 1. The molecule has 3 aromatic rings. The fraction of sp³-hybridized carbons (Fsp3) is 0.136. The SMILES string of the molecule is CC(OC(N)=O)C(=O)C(C#N)NNc1cc(Cl)c(Oc2cc(-c3ccccc3)c(Cl)nn2)c(Cl)c1. The number of anilines is 1. The fourth-order valence-electron chi connectivity index (χ4n) is 2.85. The van der Waals surface area contributed by atoms with Crippen LogP contribution in [0.5, 0.6) is 11.6 Å². The van der Waals surface area contributed by atoms with Gasteiger partial charge in [-0.05, 0) is 24.6 Å². The molecule has 2 aromatic carbocycles. The number of hydrazine groups is 1. The maximum absolute atomic E-state index is 12.2. The maximum atomic E-state index is 12.2. The molecule has 1 aromatic heterocycles. The number of Topliss-reactive ketones (excluding diaryl/α,β-unsaturated/α-hetero) is 1. The highest BCUT2D eigenvalue weighted by molar-refractivity contribution is 6.37. The Morgan fingerprint density at radius 2 is 1.74 bits per heavy atom. The topological polar surface area (TPSA) is 152 Å². The summed E-state index contributed by atoms with van der Waals surface area (Å²) in [7, 11) is 0. The van der Waals surface area contributed by atoms with E-state index in [4.69, 9.17) is 45.3 Å². The third-order valence-electron chi connectivity index (χ3n) is 4.48. The van der Waals surface area contributed by atoms with Gasteiger partial charge >= 0.3 is 6.09 Å². The molecule has 0 fully saturated rings. The molecule has 2 atom stereocenters. The summed E-state index contributed by atoms with van der Waals surface area (Å²) >= 11 is 18.9. The molecule has 0 spiro atoms. The highest BCUT2D eigenvalue weighted by Crippen LogP contribution is 2.39. The second-order valence-corrected chi connectivity index (χ2v) is 8.11. The van der Waals surface area contributed by atoms with E-state index < -0.39 is 24.0 Å². The second-order valence-electron chi connectivity index (χ2n) is 6.94. The number of benzene rings is 2. The molecule has 180 valence electrons. The van der Waals surface area contributed by atoms with Gasteiger partial charge in [-0.1, -0.05) is 65.1 Å². The lowest BCUT2D eigenvalue weighted by Gasteiger charge is -2.17. The molecule has 13 heteroatoms. The van der Waals surface area contributed by atoms with Crippen molar-refractivity contribution in [3.8, 4) is 28.8 Å². The van der Waals surface area contributed by atoms with E-state index in [0.29, 0.717) is 11.3 Å². The molecule has 0 saturated carbocycles. The van der Waals surface area contributed by atoms with Crippen molar-refractivity contribution in [3.05, 3.63) is 63.7 Å². The summed E-state index contributed by atoms with van der Waals surface area (Å²) in [4.78, 5) is 23.0. The van der Waals surface area contributed by atoms with Gasteiger partial charge in [-0.3, -0.25) is 4.79 Å². The van der Waals surface area contributed by atoms with Gasteiger partial charge in [-0.2, -0.15) is 5.26 Å². The van der Waals surface area contributed by atoms with Crippen molar-refractivity contribution in [2.45, 2.75) is 19.1 Å². The summed E-state index contributed by atoms with van der Waals surface area (Å²) in [6, 6.07) is 14.2. The number of nitrogens with zero attached hydrogens (tertiary/aromatic N) is 3. The first-order valence-electron chi connectivity index (χ1n) is 9.86. The highest BCUT2D eigenvalue weighted by atomic mass is 35.5. The van der Waals surface area contributed by atoms with Gasteiger partial charge in [0.25, 0.3) is 0 Å². The van der Waals surface area contributed by atoms with Crippen LogP contribution < -0.4 is 21.3 Å². The summed E-state index contributed by atoms with van der Waals surface area (Å²) in [5, 5.41) is 17.5.